The van der Waals surface area contributed by atoms with Crippen molar-refractivity contribution in [3.8, 4) is 0 Å². The lowest BCUT2D eigenvalue weighted by molar-refractivity contribution is 0.389. The first-order chi connectivity index (χ1) is 10.8. The lowest BCUT2D eigenvalue weighted by Crippen LogP contribution is -2.26. The molecule has 4 nitrogen and oxygen atoms in total. The maximum atomic E-state index is 13.3. The Balaban J connectivity index is 1.77. The summed E-state index contributed by atoms with van der Waals surface area (Å²) in [7, 11) is -2.54. The maximum Gasteiger partial charge on any atom is 0.243 e. The lowest BCUT2D eigenvalue weighted by atomic mass is 10.3. The van der Waals surface area contributed by atoms with E-state index in [1.165, 1.54) is 7.05 Å². The van der Waals surface area contributed by atoms with Crippen LogP contribution >= 0.6 is 0 Å². The fraction of sp³-hybridized carbons (Fsp3) is 0.375. The summed E-state index contributed by atoms with van der Waals surface area (Å²) in [5.74, 6) is 0.122. The van der Waals surface area contributed by atoms with E-state index in [9.17, 15) is 17.2 Å². The number of benzene rings is 1. The van der Waals surface area contributed by atoms with Crippen molar-refractivity contribution in [2.75, 3.05) is 7.05 Å². The van der Waals surface area contributed by atoms with Crippen molar-refractivity contribution < 1.29 is 21.6 Å². The third kappa shape index (κ3) is 3.16. The zero-order valence-corrected chi connectivity index (χ0v) is 13.6. The van der Waals surface area contributed by atoms with Crippen molar-refractivity contribution in [3.63, 3.8) is 0 Å². The lowest BCUT2D eigenvalue weighted by Gasteiger charge is -2.16. The molecule has 0 bridgehead atoms. The molecule has 1 saturated carbocycles. The molecule has 1 aliphatic carbocycles. The largest absolute Gasteiger partial charge is 0.464 e. The van der Waals surface area contributed by atoms with E-state index in [2.05, 4.69) is 6.92 Å². The average Bonchev–Trinajstić information content (AvgIpc) is 3.04. The number of nitrogens with zero attached hydrogens (tertiary/aromatic N) is 1. The van der Waals surface area contributed by atoms with Crippen molar-refractivity contribution in [1.29, 1.82) is 0 Å². The molecule has 0 amide bonds. The van der Waals surface area contributed by atoms with Crippen LogP contribution in [-0.2, 0) is 16.6 Å². The quantitative estimate of drug-likeness (QED) is 0.836. The predicted molar refractivity (Wildman–Crippen MR) is 80.2 cm³/mol. The predicted octanol–water partition coefficient (Wildman–Crippen LogP) is 3.50. The summed E-state index contributed by atoms with van der Waals surface area (Å²) in [5.41, 5.74) is 0. The first kappa shape index (κ1) is 16.1. The topological polar surface area (TPSA) is 50.5 Å². The van der Waals surface area contributed by atoms with E-state index in [1.54, 1.807) is 6.07 Å². The molecule has 23 heavy (non-hydrogen) atoms. The Morgan fingerprint density at radius 2 is 1.91 bits per heavy atom. The second-order valence-electron chi connectivity index (χ2n) is 5.96. The second kappa shape index (κ2) is 5.72. The summed E-state index contributed by atoms with van der Waals surface area (Å²) >= 11 is 0. The number of hydrogen-bond donors (Lipinski definition) is 0. The van der Waals surface area contributed by atoms with E-state index in [4.69, 9.17) is 4.42 Å². The minimum atomic E-state index is -3.92. The summed E-state index contributed by atoms with van der Waals surface area (Å²) in [5, 5.41) is 0. The van der Waals surface area contributed by atoms with E-state index in [0.29, 0.717) is 23.7 Å². The van der Waals surface area contributed by atoms with Gasteiger partial charge in [-0.15, -0.1) is 0 Å². The van der Waals surface area contributed by atoms with Gasteiger partial charge in [-0.2, -0.15) is 4.31 Å². The molecule has 7 heteroatoms. The molecule has 1 heterocycles. The molecule has 0 radical (unpaired) electrons. The maximum absolute atomic E-state index is 13.3. The molecule has 124 valence electrons. The molecule has 2 atom stereocenters. The van der Waals surface area contributed by atoms with Gasteiger partial charge in [-0.25, -0.2) is 17.2 Å². The molecule has 1 aromatic carbocycles. The summed E-state index contributed by atoms with van der Waals surface area (Å²) in [6, 6.07) is 6.14. The zero-order chi connectivity index (χ0) is 16.8. The van der Waals surface area contributed by atoms with Crippen LogP contribution in [0.1, 0.15) is 30.8 Å². The molecule has 0 saturated heterocycles. The molecule has 1 fully saturated rings. The molecular formula is C16H17F2NO3S. The number of hydrogen-bond acceptors (Lipinski definition) is 3. The van der Waals surface area contributed by atoms with E-state index < -0.39 is 21.7 Å². The van der Waals surface area contributed by atoms with Gasteiger partial charge < -0.3 is 4.42 Å². The number of rotatable bonds is 5. The fourth-order valence-corrected chi connectivity index (χ4v) is 3.67. The van der Waals surface area contributed by atoms with Gasteiger partial charge in [0, 0.05) is 13.0 Å². The van der Waals surface area contributed by atoms with Crippen LogP contribution in [-0.4, -0.2) is 19.8 Å². The van der Waals surface area contributed by atoms with Crippen molar-refractivity contribution in [3.05, 3.63) is 53.5 Å². The highest BCUT2D eigenvalue weighted by atomic mass is 32.2. The molecule has 0 N–H and O–H groups in total. The highest BCUT2D eigenvalue weighted by Gasteiger charge is 2.36. The molecule has 3 rings (SSSR count). The summed E-state index contributed by atoms with van der Waals surface area (Å²) < 4.78 is 57.7. The molecule has 2 aromatic rings. The molecule has 0 unspecified atom stereocenters. The first-order valence-electron chi connectivity index (χ1n) is 7.29. The zero-order valence-electron chi connectivity index (χ0n) is 12.8. The first-order valence-corrected chi connectivity index (χ1v) is 8.73. The molecule has 1 aromatic heterocycles. The van der Waals surface area contributed by atoms with Crippen LogP contribution in [0.25, 0.3) is 0 Å². The Morgan fingerprint density at radius 1 is 1.22 bits per heavy atom. The smallest absolute Gasteiger partial charge is 0.243 e. The summed E-state index contributed by atoms with van der Waals surface area (Å²) in [6.07, 6.45) is 1.08. The van der Waals surface area contributed by atoms with Gasteiger partial charge in [0.2, 0.25) is 10.0 Å². The third-order valence-corrected chi connectivity index (χ3v) is 5.93. The minimum Gasteiger partial charge on any atom is -0.464 e. The van der Waals surface area contributed by atoms with Crippen LogP contribution in [0.3, 0.4) is 0 Å². The molecule has 0 spiro atoms. The third-order valence-electron chi connectivity index (χ3n) is 4.14. The Kier molecular flexibility index (Phi) is 4.01. The van der Waals surface area contributed by atoms with Crippen LogP contribution in [0.5, 0.6) is 0 Å². The van der Waals surface area contributed by atoms with Gasteiger partial charge in [-0.3, -0.25) is 0 Å². The molecule has 0 aliphatic heterocycles. The summed E-state index contributed by atoms with van der Waals surface area (Å²) in [6.45, 7) is 2.16. The number of sulfonamides is 1. The Hall–Kier alpha value is -1.73. The van der Waals surface area contributed by atoms with Gasteiger partial charge >= 0.3 is 0 Å². The van der Waals surface area contributed by atoms with Crippen molar-refractivity contribution >= 4 is 10.0 Å². The SMILES string of the molecule is C[C@@H]1C[C@H]1c1ccc(CN(C)S(=O)(=O)c2ccc(F)c(F)c2)o1. The van der Waals surface area contributed by atoms with E-state index >= 15 is 0 Å². The van der Waals surface area contributed by atoms with Gasteiger partial charge in [0.1, 0.15) is 11.5 Å². The van der Waals surface area contributed by atoms with Crippen molar-refractivity contribution in [1.82, 2.24) is 4.31 Å². The highest BCUT2D eigenvalue weighted by molar-refractivity contribution is 7.89. The van der Waals surface area contributed by atoms with Crippen molar-refractivity contribution in [2.24, 2.45) is 5.92 Å². The van der Waals surface area contributed by atoms with Gasteiger partial charge in [0.15, 0.2) is 11.6 Å². The highest BCUT2D eigenvalue weighted by Crippen LogP contribution is 2.47. The van der Waals surface area contributed by atoms with Crippen LogP contribution in [0, 0.1) is 17.6 Å². The van der Waals surface area contributed by atoms with Crippen LogP contribution in [0.15, 0.2) is 39.6 Å². The van der Waals surface area contributed by atoms with Crippen LogP contribution in [0.2, 0.25) is 0 Å². The van der Waals surface area contributed by atoms with Gasteiger partial charge in [0.25, 0.3) is 0 Å². The second-order valence-corrected chi connectivity index (χ2v) is 8.01. The fourth-order valence-electron chi connectivity index (χ4n) is 2.52. The van der Waals surface area contributed by atoms with E-state index in [-0.39, 0.29) is 11.4 Å². The molecule has 1 aliphatic rings. The molecular weight excluding hydrogens is 324 g/mol. The van der Waals surface area contributed by atoms with E-state index in [0.717, 1.165) is 28.6 Å². The minimum absolute atomic E-state index is 0.0302. The van der Waals surface area contributed by atoms with Gasteiger partial charge in [-0.05, 0) is 42.7 Å². The van der Waals surface area contributed by atoms with Gasteiger partial charge in [-0.1, -0.05) is 6.92 Å². The van der Waals surface area contributed by atoms with Gasteiger partial charge in [0.05, 0.1) is 11.4 Å². The monoisotopic (exact) mass is 341 g/mol. The Bertz CT molecular complexity index is 832. The van der Waals surface area contributed by atoms with Crippen molar-refractivity contribution in [2.45, 2.75) is 30.7 Å². The number of halogens is 2. The Labute approximate surface area is 133 Å². The average molecular weight is 341 g/mol. The number of furan rings is 1. The Morgan fingerprint density at radius 3 is 2.52 bits per heavy atom. The van der Waals surface area contributed by atoms with E-state index in [1.807, 2.05) is 6.07 Å². The standard InChI is InChI=1S/C16H17F2NO3S/c1-10-7-13(10)16-6-3-11(22-16)9-19(2)23(20,21)12-4-5-14(17)15(18)8-12/h3-6,8,10,13H,7,9H2,1-2H3/t10-,13-/m1/s1. The van der Waals surface area contributed by atoms with Crippen LogP contribution < -0.4 is 0 Å². The van der Waals surface area contributed by atoms with Crippen LogP contribution in [0.4, 0.5) is 8.78 Å². The normalized spacial score (nSPS) is 20.9. The summed E-state index contributed by atoms with van der Waals surface area (Å²) in [4.78, 5) is -0.290.